The third-order valence-electron chi connectivity index (χ3n) is 3.38. The Bertz CT molecular complexity index is 642. The number of nitrogens with one attached hydrogen (secondary N) is 1. The molecule has 0 fully saturated rings. The van der Waals surface area contributed by atoms with E-state index < -0.39 is 0 Å². The molecule has 2 aliphatic rings. The molecule has 1 aromatic carbocycles. The first-order chi connectivity index (χ1) is 9.81. The summed E-state index contributed by atoms with van der Waals surface area (Å²) in [6, 6.07) is 6.02. The molecule has 1 aliphatic heterocycles. The van der Waals surface area contributed by atoms with Gasteiger partial charge in [0.2, 0.25) is 0 Å². The smallest absolute Gasteiger partial charge is 0.161 e. The van der Waals surface area contributed by atoms with Crippen molar-refractivity contribution in [2.45, 2.75) is 6.04 Å². The first-order valence-corrected chi connectivity index (χ1v) is 6.42. The molecule has 0 radical (unpaired) electrons. The molecule has 0 aromatic heterocycles. The third kappa shape index (κ3) is 2.20. The van der Waals surface area contributed by atoms with Crippen LogP contribution in [0.15, 0.2) is 53.2 Å². The molecule has 0 amide bonds. The van der Waals surface area contributed by atoms with Crippen LogP contribution in [0.25, 0.3) is 5.57 Å². The fourth-order valence-corrected chi connectivity index (χ4v) is 2.31. The lowest BCUT2D eigenvalue weighted by atomic mass is 10.0. The molecule has 20 heavy (non-hydrogen) atoms. The van der Waals surface area contributed by atoms with Gasteiger partial charge in [-0.1, -0.05) is 24.3 Å². The molecule has 1 aromatic rings. The van der Waals surface area contributed by atoms with Gasteiger partial charge in [0.1, 0.15) is 6.04 Å². The van der Waals surface area contributed by atoms with Crippen molar-refractivity contribution in [3.05, 3.63) is 53.8 Å². The number of methoxy groups -OCH3 is 2. The normalized spacial score (nSPS) is 19.6. The number of hydrogen-bond acceptors (Lipinski definition) is 4. The van der Waals surface area contributed by atoms with Crippen LogP contribution in [0.1, 0.15) is 5.56 Å². The molecular formula is C16H16N2O2. The predicted molar refractivity (Wildman–Crippen MR) is 80.2 cm³/mol. The summed E-state index contributed by atoms with van der Waals surface area (Å²) >= 11 is 0. The number of benzene rings is 1. The summed E-state index contributed by atoms with van der Waals surface area (Å²) < 4.78 is 10.6. The minimum atomic E-state index is 0.101. The molecule has 0 saturated carbocycles. The first kappa shape index (κ1) is 12.5. The highest BCUT2D eigenvalue weighted by atomic mass is 16.5. The maximum absolute atomic E-state index is 5.35. The van der Waals surface area contributed by atoms with Gasteiger partial charge in [0.05, 0.1) is 20.6 Å². The third-order valence-corrected chi connectivity index (χ3v) is 3.38. The lowest BCUT2D eigenvalue weighted by Gasteiger charge is -2.10. The number of nitrogens with zero attached hydrogens (tertiary/aromatic N) is 1. The maximum atomic E-state index is 5.35. The Kier molecular flexibility index (Phi) is 3.29. The molecule has 1 aliphatic carbocycles. The predicted octanol–water partition coefficient (Wildman–Crippen LogP) is 2.54. The molecule has 102 valence electrons. The van der Waals surface area contributed by atoms with Crippen LogP contribution in [0.3, 0.4) is 0 Å². The van der Waals surface area contributed by atoms with E-state index in [1.54, 1.807) is 20.6 Å². The topological polar surface area (TPSA) is 42.8 Å². The highest BCUT2D eigenvalue weighted by molar-refractivity contribution is 5.80. The second kappa shape index (κ2) is 5.25. The number of hydrogen-bond donors (Lipinski definition) is 1. The first-order valence-electron chi connectivity index (χ1n) is 6.42. The SMILES string of the molecule is COc1ccc(C2=CC=CC3N=CNC3=C2)cc1OC. The molecular weight excluding hydrogens is 252 g/mol. The van der Waals surface area contributed by atoms with Gasteiger partial charge in [-0.3, -0.25) is 4.99 Å². The number of ether oxygens (including phenoxy) is 2. The quantitative estimate of drug-likeness (QED) is 0.916. The van der Waals surface area contributed by atoms with E-state index in [0.29, 0.717) is 0 Å². The maximum Gasteiger partial charge on any atom is 0.161 e. The van der Waals surface area contributed by atoms with Crippen LogP contribution in [-0.2, 0) is 0 Å². The molecule has 1 atom stereocenters. The second-order valence-electron chi connectivity index (χ2n) is 4.54. The zero-order chi connectivity index (χ0) is 13.9. The summed E-state index contributed by atoms with van der Waals surface area (Å²) in [7, 11) is 3.28. The summed E-state index contributed by atoms with van der Waals surface area (Å²) in [4.78, 5) is 4.34. The Morgan fingerprint density at radius 2 is 2.00 bits per heavy atom. The van der Waals surface area contributed by atoms with Crippen molar-refractivity contribution in [3.63, 3.8) is 0 Å². The van der Waals surface area contributed by atoms with Crippen molar-refractivity contribution in [2.24, 2.45) is 4.99 Å². The standard InChI is InChI=1S/C16H16N2O2/c1-19-15-7-6-12(9-16(15)20-2)11-4-3-5-13-14(8-11)18-10-17-13/h3-10,13H,1-2H3,(H,17,18). The molecule has 3 rings (SSSR count). The van der Waals surface area contributed by atoms with Crippen LogP contribution < -0.4 is 14.8 Å². The van der Waals surface area contributed by atoms with Crippen molar-refractivity contribution in [2.75, 3.05) is 14.2 Å². The highest BCUT2D eigenvalue weighted by Crippen LogP contribution is 2.32. The number of fused-ring (bicyclic) bond motifs is 1. The Hall–Kier alpha value is -2.49. The second-order valence-corrected chi connectivity index (χ2v) is 4.54. The van der Waals surface area contributed by atoms with Crippen LogP contribution in [-0.4, -0.2) is 26.6 Å². The van der Waals surface area contributed by atoms with Crippen LogP contribution in [0.5, 0.6) is 11.5 Å². The van der Waals surface area contributed by atoms with Crippen molar-refractivity contribution in [3.8, 4) is 11.5 Å². The Labute approximate surface area is 118 Å². The minimum Gasteiger partial charge on any atom is -0.493 e. The number of rotatable bonds is 3. The summed E-state index contributed by atoms with van der Waals surface area (Å²) in [6.45, 7) is 0. The molecule has 1 heterocycles. The van der Waals surface area contributed by atoms with E-state index >= 15 is 0 Å². The summed E-state index contributed by atoms with van der Waals surface area (Å²) in [5.41, 5.74) is 3.27. The van der Waals surface area contributed by atoms with Gasteiger partial charge < -0.3 is 14.8 Å². The van der Waals surface area contributed by atoms with E-state index in [1.807, 2.05) is 24.3 Å². The Morgan fingerprint density at radius 1 is 1.15 bits per heavy atom. The van der Waals surface area contributed by atoms with E-state index in [4.69, 9.17) is 9.47 Å². The molecule has 0 spiro atoms. The zero-order valence-corrected chi connectivity index (χ0v) is 11.5. The van der Waals surface area contributed by atoms with Gasteiger partial charge in [-0.25, -0.2) is 0 Å². The van der Waals surface area contributed by atoms with E-state index in [-0.39, 0.29) is 6.04 Å². The van der Waals surface area contributed by atoms with Crippen LogP contribution in [0.2, 0.25) is 0 Å². The van der Waals surface area contributed by atoms with Crippen molar-refractivity contribution < 1.29 is 9.47 Å². The van der Waals surface area contributed by atoms with Gasteiger partial charge in [0.15, 0.2) is 11.5 Å². The number of aliphatic imine (C=N–C) groups is 1. The highest BCUT2D eigenvalue weighted by Gasteiger charge is 2.16. The lowest BCUT2D eigenvalue weighted by Crippen LogP contribution is -2.10. The van der Waals surface area contributed by atoms with Gasteiger partial charge in [-0.05, 0) is 29.3 Å². The van der Waals surface area contributed by atoms with E-state index in [1.165, 1.54) is 0 Å². The average Bonchev–Trinajstić information content (AvgIpc) is 2.83. The van der Waals surface area contributed by atoms with E-state index in [9.17, 15) is 0 Å². The summed E-state index contributed by atoms with van der Waals surface area (Å²) in [5, 5.41) is 3.17. The van der Waals surface area contributed by atoms with E-state index in [2.05, 4.69) is 28.5 Å². The van der Waals surface area contributed by atoms with Gasteiger partial charge in [-0.2, -0.15) is 0 Å². The molecule has 0 bridgehead atoms. The van der Waals surface area contributed by atoms with Crippen molar-refractivity contribution >= 4 is 11.9 Å². The fraction of sp³-hybridized carbons (Fsp3) is 0.188. The van der Waals surface area contributed by atoms with Crippen LogP contribution in [0.4, 0.5) is 0 Å². The lowest BCUT2D eigenvalue weighted by molar-refractivity contribution is 0.355. The molecule has 0 saturated heterocycles. The van der Waals surface area contributed by atoms with E-state index in [0.717, 1.165) is 28.3 Å². The summed E-state index contributed by atoms with van der Waals surface area (Å²) in [5.74, 6) is 1.46. The van der Waals surface area contributed by atoms with Crippen LogP contribution in [0, 0.1) is 0 Å². The Morgan fingerprint density at radius 3 is 2.80 bits per heavy atom. The molecule has 1 unspecified atom stereocenters. The summed E-state index contributed by atoms with van der Waals surface area (Å²) in [6.07, 6.45) is 10.0. The molecule has 4 heteroatoms. The van der Waals surface area contributed by atoms with Crippen LogP contribution >= 0.6 is 0 Å². The average molecular weight is 268 g/mol. The van der Waals surface area contributed by atoms with Crippen molar-refractivity contribution in [1.29, 1.82) is 0 Å². The fourth-order valence-electron chi connectivity index (χ4n) is 2.31. The van der Waals surface area contributed by atoms with Gasteiger partial charge in [-0.15, -0.1) is 0 Å². The van der Waals surface area contributed by atoms with Gasteiger partial charge >= 0.3 is 0 Å². The monoisotopic (exact) mass is 268 g/mol. The molecule has 1 N–H and O–H groups in total. The number of allylic oxidation sites excluding steroid dienone is 4. The largest absolute Gasteiger partial charge is 0.493 e. The molecule has 4 nitrogen and oxygen atoms in total. The van der Waals surface area contributed by atoms with Gasteiger partial charge in [0, 0.05) is 5.70 Å². The Balaban J connectivity index is 1.99. The zero-order valence-electron chi connectivity index (χ0n) is 11.5. The van der Waals surface area contributed by atoms with Crippen molar-refractivity contribution in [1.82, 2.24) is 5.32 Å². The minimum absolute atomic E-state index is 0.101. The van der Waals surface area contributed by atoms with Gasteiger partial charge in [0.25, 0.3) is 0 Å².